The van der Waals surface area contributed by atoms with Crippen LogP contribution < -0.4 is 0 Å². The summed E-state index contributed by atoms with van der Waals surface area (Å²) in [6.07, 6.45) is -0.111. The number of aryl methyl sites for hydroxylation is 3. The van der Waals surface area contributed by atoms with E-state index >= 15 is 0 Å². The summed E-state index contributed by atoms with van der Waals surface area (Å²) in [7, 11) is 3.77. The molecule has 1 aromatic carbocycles. The quantitative estimate of drug-likeness (QED) is 0.790. The zero-order valence-corrected chi connectivity index (χ0v) is 11.9. The van der Waals surface area contributed by atoms with E-state index in [4.69, 9.17) is 0 Å². The lowest BCUT2D eigenvalue weighted by Crippen LogP contribution is -2.08. The molecule has 5 heteroatoms. The largest absolute Gasteiger partial charge is 0.386 e. The van der Waals surface area contributed by atoms with Gasteiger partial charge in [-0.15, -0.1) is 0 Å². The van der Waals surface area contributed by atoms with Crippen LogP contribution in [-0.2, 0) is 20.5 Å². The number of aromatic nitrogens is 4. The van der Waals surface area contributed by atoms with Gasteiger partial charge in [-0.3, -0.25) is 9.36 Å². The van der Waals surface area contributed by atoms with Crippen LogP contribution in [0.5, 0.6) is 0 Å². The average molecular weight is 270 g/mol. The summed E-state index contributed by atoms with van der Waals surface area (Å²) in [5.74, 6) is 0. The highest BCUT2D eigenvalue weighted by atomic mass is 16.3. The minimum absolute atomic E-state index is 0.486. The van der Waals surface area contributed by atoms with E-state index in [1.165, 1.54) is 0 Å². The van der Waals surface area contributed by atoms with Crippen molar-refractivity contribution in [2.75, 3.05) is 0 Å². The second-order valence-electron chi connectivity index (χ2n) is 5.14. The Morgan fingerprint density at radius 2 is 1.90 bits per heavy atom. The molecule has 5 nitrogen and oxygen atoms in total. The number of hydrogen-bond acceptors (Lipinski definition) is 3. The summed E-state index contributed by atoms with van der Waals surface area (Å²) >= 11 is 0. The van der Waals surface area contributed by atoms with Crippen molar-refractivity contribution in [3.05, 3.63) is 47.4 Å². The van der Waals surface area contributed by atoms with E-state index in [1.807, 2.05) is 56.0 Å². The van der Waals surface area contributed by atoms with Gasteiger partial charge in [-0.05, 0) is 19.1 Å². The molecule has 2 aromatic heterocycles. The molecule has 0 fully saturated rings. The predicted octanol–water partition coefficient (Wildman–Crippen LogP) is 1.89. The zero-order chi connectivity index (χ0) is 14.3. The lowest BCUT2D eigenvalue weighted by Gasteiger charge is -2.09. The molecule has 0 aliphatic heterocycles. The van der Waals surface area contributed by atoms with Gasteiger partial charge in [0, 0.05) is 25.9 Å². The average Bonchev–Trinajstić information content (AvgIpc) is 2.91. The molecule has 0 saturated heterocycles. The first kappa shape index (κ1) is 12.9. The second kappa shape index (κ2) is 4.76. The standard InChI is InChI=1S/C15H18N4O/c1-10-8-14(19(3)16-10)15(20)9-12-11-6-4-5-7-13(11)18(2)17-12/h4-8,15,20H,9H2,1-3H3. The number of fused-ring (bicyclic) bond motifs is 1. The van der Waals surface area contributed by atoms with Crippen LogP contribution in [0.25, 0.3) is 10.9 Å². The van der Waals surface area contributed by atoms with Gasteiger partial charge >= 0.3 is 0 Å². The zero-order valence-electron chi connectivity index (χ0n) is 11.9. The molecule has 0 radical (unpaired) electrons. The third-order valence-electron chi connectivity index (χ3n) is 3.60. The van der Waals surface area contributed by atoms with Gasteiger partial charge in [0.25, 0.3) is 0 Å². The first-order valence-corrected chi connectivity index (χ1v) is 6.65. The number of para-hydroxylation sites is 1. The van der Waals surface area contributed by atoms with Crippen LogP contribution in [0, 0.1) is 6.92 Å². The van der Waals surface area contributed by atoms with Crippen LogP contribution >= 0.6 is 0 Å². The molecule has 0 aliphatic rings. The van der Waals surface area contributed by atoms with Gasteiger partial charge in [-0.2, -0.15) is 10.2 Å². The van der Waals surface area contributed by atoms with Gasteiger partial charge in [0.15, 0.2) is 0 Å². The fourth-order valence-corrected chi connectivity index (χ4v) is 2.67. The number of aliphatic hydroxyl groups excluding tert-OH is 1. The Hall–Kier alpha value is -2.14. The predicted molar refractivity (Wildman–Crippen MR) is 77.3 cm³/mol. The summed E-state index contributed by atoms with van der Waals surface area (Å²) in [5.41, 5.74) is 3.72. The fraction of sp³-hybridized carbons (Fsp3) is 0.333. The SMILES string of the molecule is Cc1cc(C(O)Cc2nn(C)c3ccccc23)n(C)n1. The maximum absolute atomic E-state index is 10.4. The summed E-state index contributed by atoms with van der Waals surface area (Å²) < 4.78 is 3.58. The number of nitrogens with zero attached hydrogens (tertiary/aromatic N) is 4. The van der Waals surface area contributed by atoms with Crippen molar-refractivity contribution in [2.45, 2.75) is 19.4 Å². The van der Waals surface area contributed by atoms with Crippen molar-refractivity contribution < 1.29 is 5.11 Å². The Morgan fingerprint density at radius 3 is 2.60 bits per heavy atom. The molecule has 104 valence electrons. The number of rotatable bonds is 3. The highest BCUT2D eigenvalue weighted by Crippen LogP contribution is 2.23. The molecule has 2 heterocycles. The van der Waals surface area contributed by atoms with Gasteiger partial charge in [0.2, 0.25) is 0 Å². The molecule has 20 heavy (non-hydrogen) atoms. The number of hydrogen-bond donors (Lipinski definition) is 1. The number of aliphatic hydroxyl groups is 1. The second-order valence-corrected chi connectivity index (χ2v) is 5.14. The van der Waals surface area contributed by atoms with Gasteiger partial charge in [-0.1, -0.05) is 18.2 Å². The summed E-state index contributed by atoms with van der Waals surface area (Å²) in [6.45, 7) is 1.92. The third-order valence-corrected chi connectivity index (χ3v) is 3.60. The van der Waals surface area contributed by atoms with Crippen LogP contribution in [0.1, 0.15) is 23.2 Å². The van der Waals surface area contributed by atoms with Gasteiger partial charge in [0.1, 0.15) is 6.10 Å². The van der Waals surface area contributed by atoms with E-state index in [0.717, 1.165) is 28.0 Å². The highest BCUT2D eigenvalue weighted by Gasteiger charge is 2.17. The summed E-state index contributed by atoms with van der Waals surface area (Å²) in [5, 5.41) is 20.3. The van der Waals surface area contributed by atoms with Crippen molar-refractivity contribution in [1.29, 1.82) is 0 Å². The molecular weight excluding hydrogens is 252 g/mol. The van der Waals surface area contributed by atoms with E-state index in [-0.39, 0.29) is 0 Å². The first-order valence-electron chi connectivity index (χ1n) is 6.65. The molecule has 0 spiro atoms. The van der Waals surface area contributed by atoms with Crippen molar-refractivity contribution in [1.82, 2.24) is 19.6 Å². The van der Waals surface area contributed by atoms with Gasteiger partial charge in [0.05, 0.1) is 22.6 Å². The van der Waals surface area contributed by atoms with Gasteiger partial charge in [-0.25, -0.2) is 0 Å². The van der Waals surface area contributed by atoms with Crippen LogP contribution in [0.2, 0.25) is 0 Å². The minimum Gasteiger partial charge on any atom is -0.386 e. The minimum atomic E-state index is -0.598. The summed E-state index contributed by atoms with van der Waals surface area (Å²) in [6, 6.07) is 9.98. The van der Waals surface area contributed by atoms with E-state index in [2.05, 4.69) is 10.2 Å². The van der Waals surface area contributed by atoms with Crippen LogP contribution in [-0.4, -0.2) is 24.7 Å². The summed E-state index contributed by atoms with van der Waals surface area (Å²) in [4.78, 5) is 0. The van der Waals surface area contributed by atoms with Crippen molar-refractivity contribution in [2.24, 2.45) is 14.1 Å². The Morgan fingerprint density at radius 1 is 1.15 bits per heavy atom. The fourth-order valence-electron chi connectivity index (χ4n) is 2.67. The van der Waals surface area contributed by atoms with E-state index in [0.29, 0.717) is 6.42 Å². The van der Waals surface area contributed by atoms with E-state index < -0.39 is 6.10 Å². The van der Waals surface area contributed by atoms with Crippen LogP contribution in [0.15, 0.2) is 30.3 Å². The number of benzene rings is 1. The van der Waals surface area contributed by atoms with Crippen LogP contribution in [0.4, 0.5) is 0 Å². The van der Waals surface area contributed by atoms with E-state index in [9.17, 15) is 5.11 Å². The third kappa shape index (κ3) is 2.10. The molecule has 1 N–H and O–H groups in total. The van der Waals surface area contributed by atoms with Crippen molar-refractivity contribution in [3.63, 3.8) is 0 Å². The molecular formula is C15H18N4O. The Bertz CT molecular complexity index is 756. The Labute approximate surface area is 117 Å². The maximum Gasteiger partial charge on any atom is 0.101 e. The molecule has 3 aromatic rings. The van der Waals surface area contributed by atoms with Crippen molar-refractivity contribution >= 4 is 10.9 Å². The lowest BCUT2D eigenvalue weighted by molar-refractivity contribution is 0.167. The Kier molecular flexibility index (Phi) is 3.06. The first-order chi connectivity index (χ1) is 9.56. The molecule has 3 rings (SSSR count). The molecule has 1 unspecified atom stereocenters. The molecule has 1 atom stereocenters. The lowest BCUT2D eigenvalue weighted by atomic mass is 10.1. The smallest absolute Gasteiger partial charge is 0.101 e. The normalized spacial score (nSPS) is 13.0. The topological polar surface area (TPSA) is 55.9 Å². The van der Waals surface area contributed by atoms with E-state index in [1.54, 1.807) is 4.68 Å². The highest BCUT2D eigenvalue weighted by molar-refractivity contribution is 5.81. The monoisotopic (exact) mass is 270 g/mol. The maximum atomic E-state index is 10.4. The molecule has 0 saturated carbocycles. The van der Waals surface area contributed by atoms with Crippen LogP contribution in [0.3, 0.4) is 0 Å². The van der Waals surface area contributed by atoms with Crippen molar-refractivity contribution in [3.8, 4) is 0 Å². The van der Waals surface area contributed by atoms with Gasteiger partial charge < -0.3 is 5.11 Å². The molecule has 0 bridgehead atoms. The molecule has 0 aliphatic carbocycles. The molecule has 0 amide bonds. The Balaban J connectivity index is 1.95.